The molecule has 11 heteroatoms. The van der Waals surface area contributed by atoms with E-state index in [1.54, 1.807) is 0 Å². The van der Waals surface area contributed by atoms with Crippen LogP contribution in [0.15, 0.2) is 0 Å². The number of rotatable bonds is 7. The van der Waals surface area contributed by atoms with Gasteiger partial charge in [-0.1, -0.05) is 0 Å². The Morgan fingerprint density at radius 3 is 1.74 bits per heavy atom. The van der Waals surface area contributed by atoms with Crippen LogP contribution in [0.4, 0.5) is 0 Å². The largest absolute Gasteiger partial charge is 0.460 e. The molecule has 1 saturated heterocycles. The minimum absolute atomic E-state index is 0.513. The van der Waals surface area contributed by atoms with Crippen molar-refractivity contribution in [3.05, 3.63) is 0 Å². The highest BCUT2D eigenvalue weighted by molar-refractivity contribution is 5.68. The molecule has 0 spiro atoms. The van der Waals surface area contributed by atoms with Crippen LogP contribution in [0.5, 0.6) is 0 Å². The van der Waals surface area contributed by atoms with E-state index in [-0.39, 0.29) is 0 Å². The number of hydrogen-bond acceptors (Lipinski definition) is 11. The van der Waals surface area contributed by atoms with Gasteiger partial charge in [0.2, 0.25) is 12.1 Å². The molecular formula is C16H24O11. The van der Waals surface area contributed by atoms with Crippen LogP contribution in [0.3, 0.4) is 0 Å². The molecule has 0 aliphatic carbocycles. The van der Waals surface area contributed by atoms with Gasteiger partial charge in [0.05, 0.1) is 0 Å². The summed E-state index contributed by atoms with van der Waals surface area (Å²) in [5, 5.41) is 0. The topological polar surface area (TPSA) is 133 Å². The van der Waals surface area contributed by atoms with E-state index in [2.05, 4.69) is 0 Å². The third-order valence-corrected chi connectivity index (χ3v) is 3.59. The number of ether oxygens (including phenoxy) is 7. The van der Waals surface area contributed by atoms with Crippen LogP contribution in [0.25, 0.3) is 0 Å². The Hall–Kier alpha value is -2.24. The molecule has 1 fully saturated rings. The average molecular weight is 392 g/mol. The fourth-order valence-electron chi connectivity index (χ4n) is 2.60. The van der Waals surface area contributed by atoms with Gasteiger partial charge in [0.25, 0.3) is 0 Å². The fourth-order valence-corrected chi connectivity index (χ4v) is 2.60. The van der Waals surface area contributed by atoms with Crippen LogP contribution in [-0.2, 0) is 52.3 Å². The highest BCUT2D eigenvalue weighted by Crippen LogP contribution is 2.37. The van der Waals surface area contributed by atoms with Crippen molar-refractivity contribution >= 4 is 23.9 Å². The third kappa shape index (κ3) is 5.88. The second-order valence-corrected chi connectivity index (χ2v) is 5.70. The van der Waals surface area contributed by atoms with E-state index >= 15 is 0 Å². The molecule has 0 saturated carbocycles. The zero-order valence-corrected chi connectivity index (χ0v) is 16.0. The van der Waals surface area contributed by atoms with Crippen LogP contribution in [0.1, 0.15) is 27.7 Å². The van der Waals surface area contributed by atoms with Crippen molar-refractivity contribution in [1.82, 2.24) is 0 Å². The SMILES string of the molecule is CO[C@@H]1O[C@@](COC(C)=O)(OC)[C@H](OC(C)=O)[C@H](OC(C)=O)[C@H]1OC(C)=O. The molecule has 27 heavy (non-hydrogen) atoms. The minimum Gasteiger partial charge on any atom is -0.460 e. The summed E-state index contributed by atoms with van der Waals surface area (Å²) in [6, 6.07) is 0. The Kier molecular flexibility index (Phi) is 8.13. The number of esters is 4. The summed E-state index contributed by atoms with van der Waals surface area (Å²) < 4.78 is 36.8. The molecule has 5 atom stereocenters. The van der Waals surface area contributed by atoms with Gasteiger partial charge in [-0.05, 0) is 0 Å². The van der Waals surface area contributed by atoms with E-state index in [4.69, 9.17) is 33.2 Å². The molecule has 0 aromatic carbocycles. The lowest BCUT2D eigenvalue weighted by Gasteiger charge is -2.49. The molecule has 0 aromatic heterocycles. The van der Waals surface area contributed by atoms with E-state index in [0.717, 1.165) is 27.7 Å². The van der Waals surface area contributed by atoms with Crippen molar-refractivity contribution in [3.63, 3.8) is 0 Å². The van der Waals surface area contributed by atoms with Crippen LogP contribution in [0, 0.1) is 0 Å². The van der Waals surface area contributed by atoms with Gasteiger partial charge in [-0.3, -0.25) is 19.2 Å². The van der Waals surface area contributed by atoms with Crippen molar-refractivity contribution in [2.75, 3.05) is 20.8 Å². The highest BCUT2D eigenvalue weighted by Gasteiger charge is 2.61. The van der Waals surface area contributed by atoms with Crippen molar-refractivity contribution in [2.45, 2.75) is 58.1 Å². The normalized spacial score (nSPS) is 30.1. The average Bonchev–Trinajstić information content (AvgIpc) is 2.56. The van der Waals surface area contributed by atoms with Gasteiger partial charge in [0.15, 0.2) is 18.3 Å². The van der Waals surface area contributed by atoms with Gasteiger partial charge in [-0.15, -0.1) is 0 Å². The molecule has 0 unspecified atom stereocenters. The van der Waals surface area contributed by atoms with E-state index in [1.165, 1.54) is 14.2 Å². The number of hydrogen-bond donors (Lipinski definition) is 0. The summed E-state index contributed by atoms with van der Waals surface area (Å²) in [4.78, 5) is 46.0. The van der Waals surface area contributed by atoms with E-state index in [9.17, 15) is 19.2 Å². The van der Waals surface area contributed by atoms with E-state index in [1.807, 2.05) is 0 Å². The monoisotopic (exact) mass is 392 g/mol. The molecule has 0 aromatic rings. The first-order valence-corrected chi connectivity index (χ1v) is 7.97. The summed E-state index contributed by atoms with van der Waals surface area (Å²) in [5.74, 6) is -4.76. The molecule has 0 bridgehead atoms. The molecule has 11 nitrogen and oxygen atoms in total. The van der Waals surface area contributed by atoms with Crippen LogP contribution in [-0.4, -0.2) is 75.1 Å². The predicted octanol–water partition coefficient (Wildman–Crippen LogP) is -0.310. The molecule has 1 aliphatic heterocycles. The zero-order chi connectivity index (χ0) is 20.8. The van der Waals surface area contributed by atoms with E-state index in [0.29, 0.717) is 0 Å². The summed E-state index contributed by atoms with van der Waals surface area (Å²) in [6.07, 6.45) is -5.34. The molecule has 1 aliphatic rings. The molecule has 0 N–H and O–H groups in total. The van der Waals surface area contributed by atoms with Crippen molar-refractivity contribution in [1.29, 1.82) is 0 Å². The highest BCUT2D eigenvalue weighted by atomic mass is 16.8. The first-order chi connectivity index (χ1) is 12.6. The summed E-state index contributed by atoms with van der Waals surface area (Å²) in [7, 11) is 2.47. The molecule has 0 amide bonds. The summed E-state index contributed by atoms with van der Waals surface area (Å²) in [6.45, 7) is 4.01. The Labute approximate surface area is 156 Å². The minimum atomic E-state index is -1.88. The van der Waals surface area contributed by atoms with E-state index < -0.39 is 60.9 Å². The maximum atomic E-state index is 11.6. The first-order valence-electron chi connectivity index (χ1n) is 7.97. The lowest BCUT2D eigenvalue weighted by molar-refractivity contribution is -0.400. The molecule has 1 rings (SSSR count). The molecular weight excluding hydrogens is 368 g/mol. The summed E-state index contributed by atoms with van der Waals surface area (Å²) >= 11 is 0. The van der Waals surface area contributed by atoms with Gasteiger partial charge in [0, 0.05) is 41.9 Å². The second-order valence-electron chi connectivity index (χ2n) is 5.70. The van der Waals surface area contributed by atoms with Crippen molar-refractivity contribution in [3.8, 4) is 0 Å². The van der Waals surface area contributed by atoms with Gasteiger partial charge < -0.3 is 33.2 Å². The van der Waals surface area contributed by atoms with Crippen molar-refractivity contribution in [2.24, 2.45) is 0 Å². The van der Waals surface area contributed by atoms with Crippen molar-refractivity contribution < 1.29 is 52.3 Å². The number of methoxy groups -OCH3 is 2. The van der Waals surface area contributed by atoms with Crippen LogP contribution < -0.4 is 0 Å². The molecule has 1 heterocycles. The number of carbonyl (C=O) groups excluding carboxylic acids is 4. The van der Waals surface area contributed by atoms with Crippen LogP contribution >= 0.6 is 0 Å². The second kappa shape index (κ2) is 9.62. The maximum Gasteiger partial charge on any atom is 0.303 e. The first kappa shape index (κ1) is 22.8. The standard InChI is InChI=1S/C16H24O11/c1-8(17)23-7-16(22-6)14(26-11(4)20)12(24-9(2)18)13(25-10(3)19)15(21-5)27-16/h12-15H,7H2,1-6H3/t12-,13-,14-,15-,16-/m1/s1. The van der Waals surface area contributed by atoms with Crippen LogP contribution in [0.2, 0.25) is 0 Å². The molecule has 154 valence electrons. The van der Waals surface area contributed by atoms with Gasteiger partial charge in [-0.25, -0.2) is 0 Å². The fraction of sp³-hybridized carbons (Fsp3) is 0.750. The lowest BCUT2D eigenvalue weighted by atomic mass is 9.95. The maximum absolute atomic E-state index is 11.6. The zero-order valence-electron chi connectivity index (χ0n) is 16.0. The number of carbonyl (C=O) groups is 4. The predicted molar refractivity (Wildman–Crippen MR) is 84.9 cm³/mol. The van der Waals surface area contributed by atoms with Gasteiger partial charge in [0.1, 0.15) is 6.61 Å². The lowest BCUT2D eigenvalue weighted by Crippen LogP contribution is -2.69. The third-order valence-electron chi connectivity index (χ3n) is 3.59. The van der Waals surface area contributed by atoms with Gasteiger partial charge in [-0.2, -0.15) is 0 Å². The Morgan fingerprint density at radius 1 is 0.815 bits per heavy atom. The summed E-state index contributed by atoms with van der Waals surface area (Å²) in [5.41, 5.74) is 0. The molecule has 0 radical (unpaired) electrons. The van der Waals surface area contributed by atoms with Gasteiger partial charge >= 0.3 is 23.9 Å². The Morgan fingerprint density at radius 2 is 1.33 bits per heavy atom. The smallest absolute Gasteiger partial charge is 0.303 e. The Balaban J connectivity index is 3.43. The quantitative estimate of drug-likeness (QED) is 0.417. The Bertz CT molecular complexity index is 575.